The lowest BCUT2D eigenvalue weighted by Crippen LogP contribution is -2.39. The average Bonchev–Trinajstić information content (AvgIpc) is 2.78. The van der Waals surface area contributed by atoms with Gasteiger partial charge < -0.3 is 10.1 Å². The van der Waals surface area contributed by atoms with Gasteiger partial charge in [-0.15, -0.1) is 0 Å². The molecule has 11 heteroatoms. The number of nitro benzene ring substituents is 1. The average molecular weight is 461 g/mol. The lowest BCUT2D eigenvalue weighted by molar-refractivity contribution is -0.384. The number of sulfonamides is 1. The van der Waals surface area contributed by atoms with Crippen LogP contribution < -0.4 is 5.32 Å². The Hall–Kier alpha value is -3.31. The molecule has 0 aromatic heterocycles. The summed E-state index contributed by atoms with van der Waals surface area (Å²) in [5.41, 5.74) is -0.384. The molecule has 10 nitrogen and oxygen atoms in total. The number of hydrogen-bond donors (Lipinski definition) is 1. The van der Waals surface area contributed by atoms with Crippen molar-refractivity contribution in [3.8, 4) is 0 Å². The number of non-ortho nitro benzene ring substituents is 1. The Labute approximate surface area is 185 Å². The molecule has 1 fully saturated rings. The van der Waals surface area contributed by atoms with Crippen LogP contribution in [-0.4, -0.2) is 49.7 Å². The normalized spacial score (nSPS) is 16.9. The van der Waals surface area contributed by atoms with Gasteiger partial charge in [0.05, 0.1) is 22.5 Å². The first kappa shape index (κ1) is 23.4. The predicted octanol–water partition coefficient (Wildman–Crippen LogP) is 3.05. The van der Waals surface area contributed by atoms with Crippen LogP contribution in [0.2, 0.25) is 0 Å². The minimum Gasteiger partial charge on any atom is -0.465 e. The Morgan fingerprint density at radius 3 is 2.41 bits per heavy atom. The summed E-state index contributed by atoms with van der Waals surface area (Å²) in [7, 11) is -2.51. The molecule has 1 saturated heterocycles. The van der Waals surface area contributed by atoms with E-state index in [1.54, 1.807) is 0 Å². The second kappa shape index (κ2) is 9.45. The molecule has 1 atom stereocenters. The van der Waals surface area contributed by atoms with E-state index in [-0.39, 0.29) is 16.0 Å². The molecule has 1 N–H and O–H groups in total. The maximum absolute atomic E-state index is 12.8. The number of esters is 1. The number of ether oxygens (including phenoxy) is 1. The monoisotopic (exact) mass is 461 g/mol. The smallest absolute Gasteiger partial charge is 0.338 e. The highest BCUT2D eigenvalue weighted by atomic mass is 32.2. The molecular formula is C21H23N3O7S. The first-order chi connectivity index (χ1) is 15.1. The third-order valence-electron chi connectivity index (χ3n) is 5.18. The van der Waals surface area contributed by atoms with Crippen LogP contribution in [0.25, 0.3) is 0 Å². The number of methoxy groups -OCH3 is 1. The Morgan fingerprint density at radius 1 is 1.16 bits per heavy atom. The van der Waals surface area contributed by atoms with E-state index in [1.807, 2.05) is 6.92 Å². The van der Waals surface area contributed by atoms with E-state index < -0.39 is 32.5 Å². The number of carbonyl (C=O) groups excluding carboxylic acids is 2. The molecule has 0 aliphatic carbocycles. The van der Waals surface area contributed by atoms with Gasteiger partial charge in [-0.2, -0.15) is 4.31 Å². The molecule has 3 rings (SSSR count). The van der Waals surface area contributed by atoms with E-state index in [2.05, 4.69) is 10.1 Å². The number of benzene rings is 2. The molecule has 1 aliphatic rings. The van der Waals surface area contributed by atoms with Crippen LogP contribution in [-0.2, 0) is 14.8 Å². The minimum absolute atomic E-state index is 0.112. The number of hydrogen-bond acceptors (Lipinski definition) is 7. The van der Waals surface area contributed by atoms with Crippen LogP contribution in [0, 0.1) is 16.0 Å². The van der Waals surface area contributed by atoms with Gasteiger partial charge in [0.2, 0.25) is 10.0 Å². The predicted molar refractivity (Wildman–Crippen MR) is 116 cm³/mol. The van der Waals surface area contributed by atoms with E-state index in [9.17, 15) is 28.1 Å². The van der Waals surface area contributed by atoms with Gasteiger partial charge in [0, 0.05) is 36.5 Å². The number of piperidine rings is 1. The maximum atomic E-state index is 12.8. The molecule has 1 unspecified atom stereocenters. The van der Waals surface area contributed by atoms with Crippen molar-refractivity contribution in [1.82, 2.24) is 4.31 Å². The van der Waals surface area contributed by atoms with Crippen LogP contribution in [0.4, 0.5) is 11.4 Å². The first-order valence-electron chi connectivity index (χ1n) is 9.91. The fraction of sp³-hybridized carbons (Fsp3) is 0.333. The van der Waals surface area contributed by atoms with Crippen molar-refractivity contribution in [2.75, 3.05) is 25.5 Å². The number of amides is 1. The number of anilines is 1. The topological polar surface area (TPSA) is 136 Å². The van der Waals surface area contributed by atoms with Crippen LogP contribution in [0.15, 0.2) is 47.4 Å². The summed E-state index contributed by atoms with van der Waals surface area (Å²) >= 11 is 0. The Balaban J connectivity index is 1.80. The molecular weight excluding hydrogens is 438 g/mol. The van der Waals surface area contributed by atoms with E-state index in [1.165, 1.54) is 34.6 Å². The summed E-state index contributed by atoms with van der Waals surface area (Å²) in [4.78, 5) is 34.9. The molecule has 2 aromatic carbocycles. The Kier molecular flexibility index (Phi) is 6.90. The van der Waals surface area contributed by atoms with Gasteiger partial charge >= 0.3 is 5.97 Å². The summed E-state index contributed by atoms with van der Waals surface area (Å²) < 4.78 is 31.7. The summed E-state index contributed by atoms with van der Waals surface area (Å²) in [5.74, 6) is -1.22. The van der Waals surface area contributed by atoms with E-state index in [0.29, 0.717) is 24.7 Å². The Bertz CT molecular complexity index is 1150. The van der Waals surface area contributed by atoms with Gasteiger partial charge in [0.15, 0.2) is 0 Å². The zero-order chi connectivity index (χ0) is 23.5. The molecule has 0 saturated carbocycles. The second-order valence-electron chi connectivity index (χ2n) is 7.61. The number of nitro groups is 1. The van der Waals surface area contributed by atoms with Crippen molar-refractivity contribution in [1.29, 1.82) is 0 Å². The Morgan fingerprint density at radius 2 is 1.81 bits per heavy atom. The van der Waals surface area contributed by atoms with E-state index >= 15 is 0 Å². The fourth-order valence-corrected chi connectivity index (χ4v) is 5.11. The largest absolute Gasteiger partial charge is 0.465 e. The molecule has 0 radical (unpaired) electrons. The second-order valence-corrected chi connectivity index (χ2v) is 9.54. The molecule has 2 aromatic rings. The highest BCUT2D eigenvalue weighted by molar-refractivity contribution is 7.89. The fourth-order valence-electron chi connectivity index (χ4n) is 3.51. The third-order valence-corrected chi connectivity index (χ3v) is 7.06. The van der Waals surface area contributed by atoms with Crippen LogP contribution in [0.3, 0.4) is 0 Å². The summed E-state index contributed by atoms with van der Waals surface area (Å²) in [6.45, 7) is 2.95. The summed E-state index contributed by atoms with van der Waals surface area (Å²) in [5, 5.41) is 13.7. The van der Waals surface area contributed by atoms with Crippen LogP contribution in [0.5, 0.6) is 0 Å². The van der Waals surface area contributed by atoms with Crippen molar-refractivity contribution in [2.24, 2.45) is 5.92 Å². The number of carbonyl (C=O) groups is 2. The van der Waals surface area contributed by atoms with Crippen LogP contribution in [0.1, 0.15) is 40.5 Å². The number of nitrogens with one attached hydrogen (secondary N) is 1. The van der Waals surface area contributed by atoms with Gasteiger partial charge in [0.25, 0.3) is 11.6 Å². The molecule has 32 heavy (non-hydrogen) atoms. The summed E-state index contributed by atoms with van der Waals surface area (Å²) in [6.07, 6.45) is 1.80. The first-order valence-corrected chi connectivity index (χ1v) is 11.3. The van der Waals surface area contributed by atoms with Gasteiger partial charge in [-0.25, -0.2) is 13.2 Å². The number of rotatable bonds is 6. The zero-order valence-electron chi connectivity index (χ0n) is 17.6. The van der Waals surface area contributed by atoms with Crippen molar-refractivity contribution >= 4 is 33.3 Å². The molecule has 0 spiro atoms. The molecule has 1 heterocycles. The van der Waals surface area contributed by atoms with Crippen molar-refractivity contribution in [3.05, 3.63) is 63.7 Å². The van der Waals surface area contributed by atoms with Crippen LogP contribution >= 0.6 is 0 Å². The lowest BCUT2D eigenvalue weighted by atomic mass is 10.0. The molecule has 170 valence electrons. The SMILES string of the molecule is COC(=O)c1cc(C(=O)Nc2ccc(S(=O)(=O)N3CCCC(C)C3)cc2)cc([N+](=O)[O-])c1. The quantitative estimate of drug-likeness (QED) is 0.397. The summed E-state index contributed by atoms with van der Waals surface area (Å²) in [6, 6.07) is 8.93. The van der Waals surface area contributed by atoms with Gasteiger partial charge in [-0.05, 0) is 49.1 Å². The number of nitrogens with zero attached hydrogens (tertiary/aromatic N) is 2. The van der Waals surface area contributed by atoms with E-state index in [0.717, 1.165) is 32.1 Å². The van der Waals surface area contributed by atoms with Gasteiger partial charge in [-0.1, -0.05) is 6.92 Å². The minimum atomic E-state index is -3.63. The molecule has 0 bridgehead atoms. The maximum Gasteiger partial charge on any atom is 0.338 e. The van der Waals surface area contributed by atoms with Gasteiger partial charge in [0.1, 0.15) is 0 Å². The zero-order valence-corrected chi connectivity index (χ0v) is 18.4. The van der Waals surface area contributed by atoms with Crippen molar-refractivity contribution in [3.63, 3.8) is 0 Å². The molecule has 1 aliphatic heterocycles. The lowest BCUT2D eigenvalue weighted by Gasteiger charge is -2.30. The standard InChI is InChI=1S/C21H23N3O7S/c1-14-4-3-9-23(13-14)32(29,30)19-7-5-17(6-8-19)22-20(25)15-10-16(21(26)31-2)12-18(11-15)24(27)28/h5-8,10-12,14H,3-4,9,13H2,1-2H3,(H,22,25). The van der Waals surface area contributed by atoms with Crippen molar-refractivity contribution < 1.29 is 27.7 Å². The highest BCUT2D eigenvalue weighted by Crippen LogP contribution is 2.25. The van der Waals surface area contributed by atoms with Crippen molar-refractivity contribution in [2.45, 2.75) is 24.7 Å². The van der Waals surface area contributed by atoms with Gasteiger partial charge in [-0.3, -0.25) is 14.9 Å². The molecule has 1 amide bonds. The third kappa shape index (κ3) is 5.11. The highest BCUT2D eigenvalue weighted by Gasteiger charge is 2.28. The van der Waals surface area contributed by atoms with E-state index in [4.69, 9.17) is 0 Å².